The number of benzene rings is 2. The molecule has 3 heteroatoms. The van der Waals surface area contributed by atoms with Crippen molar-refractivity contribution in [1.82, 2.24) is 0 Å². The molecule has 1 unspecified atom stereocenters. The van der Waals surface area contributed by atoms with E-state index < -0.39 is 0 Å². The molecule has 0 nitrogen and oxygen atoms in total. The number of hydrogen-bond acceptors (Lipinski definition) is 0. The van der Waals surface area contributed by atoms with Crippen molar-refractivity contribution >= 4 is 39.1 Å². The molecule has 1 atom stereocenters. The van der Waals surface area contributed by atoms with E-state index >= 15 is 0 Å². The van der Waals surface area contributed by atoms with Crippen LogP contribution in [0.4, 0.5) is 0 Å². The van der Waals surface area contributed by atoms with Crippen LogP contribution in [0.5, 0.6) is 0 Å². The quantitative estimate of drug-likeness (QED) is 0.557. The number of alkyl halides is 1. The molecule has 2 aromatic rings. The molecule has 0 saturated heterocycles. The summed E-state index contributed by atoms with van der Waals surface area (Å²) in [7, 11) is 0. The summed E-state index contributed by atoms with van der Waals surface area (Å²) in [6.07, 6.45) is 1.97. The molecule has 0 aromatic heterocycles. The van der Waals surface area contributed by atoms with Crippen molar-refractivity contribution in [3.63, 3.8) is 0 Å². The van der Waals surface area contributed by atoms with Crippen molar-refractivity contribution in [2.45, 2.75) is 19.8 Å². The van der Waals surface area contributed by atoms with Crippen LogP contribution in [0.1, 0.15) is 16.7 Å². The van der Waals surface area contributed by atoms with Crippen molar-refractivity contribution in [2.24, 2.45) is 5.92 Å². The molecule has 0 radical (unpaired) electrons. The zero-order chi connectivity index (χ0) is 14.5. The average molecular weight is 372 g/mol. The summed E-state index contributed by atoms with van der Waals surface area (Å²) in [5.41, 5.74) is 3.77. The van der Waals surface area contributed by atoms with Crippen LogP contribution in [0, 0.1) is 12.8 Å². The molecule has 0 saturated carbocycles. The normalized spacial score (nSPS) is 12.4. The first kappa shape index (κ1) is 15.9. The molecule has 0 bridgehead atoms. The van der Waals surface area contributed by atoms with E-state index in [2.05, 4.69) is 53.2 Å². The first-order chi connectivity index (χ1) is 9.60. The molecular formula is C17H17BrCl2. The molecule has 0 aliphatic heterocycles. The monoisotopic (exact) mass is 370 g/mol. The smallest absolute Gasteiger partial charge is 0.0624 e. The number of halogens is 3. The Morgan fingerprint density at radius 2 is 1.70 bits per heavy atom. The largest absolute Gasteiger partial charge is 0.0925 e. The van der Waals surface area contributed by atoms with E-state index in [4.69, 9.17) is 23.2 Å². The van der Waals surface area contributed by atoms with Crippen molar-refractivity contribution in [3.8, 4) is 0 Å². The summed E-state index contributed by atoms with van der Waals surface area (Å²) in [4.78, 5) is 0. The maximum Gasteiger partial charge on any atom is 0.0624 e. The van der Waals surface area contributed by atoms with Gasteiger partial charge < -0.3 is 0 Å². The fraction of sp³-hybridized carbons (Fsp3) is 0.294. The topological polar surface area (TPSA) is 0 Å². The van der Waals surface area contributed by atoms with E-state index in [1.54, 1.807) is 0 Å². The molecule has 0 spiro atoms. The number of hydrogen-bond donors (Lipinski definition) is 0. The standard InChI is InChI=1S/C17H17BrCl2/c1-12-5-7-13(8-6-12)9-14(11-18)10-15-3-2-4-16(19)17(15)20/h2-8,14H,9-11H2,1H3. The summed E-state index contributed by atoms with van der Waals surface area (Å²) in [5.74, 6) is 0.508. The Hall–Kier alpha value is -0.500. The Morgan fingerprint density at radius 3 is 2.35 bits per heavy atom. The highest BCUT2D eigenvalue weighted by atomic mass is 79.9. The summed E-state index contributed by atoms with van der Waals surface area (Å²) >= 11 is 16.0. The highest BCUT2D eigenvalue weighted by Gasteiger charge is 2.13. The highest BCUT2D eigenvalue weighted by Crippen LogP contribution is 2.28. The van der Waals surface area contributed by atoms with Gasteiger partial charge in [0.05, 0.1) is 10.0 Å². The van der Waals surface area contributed by atoms with Gasteiger partial charge in [0.15, 0.2) is 0 Å². The van der Waals surface area contributed by atoms with Gasteiger partial charge in [0.2, 0.25) is 0 Å². The highest BCUT2D eigenvalue weighted by molar-refractivity contribution is 9.09. The van der Waals surface area contributed by atoms with Gasteiger partial charge in [0, 0.05) is 5.33 Å². The second kappa shape index (κ2) is 7.49. The third-order valence-corrected chi connectivity index (χ3v) is 5.18. The molecule has 2 aromatic carbocycles. The maximum absolute atomic E-state index is 6.27. The van der Waals surface area contributed by atoms with Gasteiger partial charge in [-0.2, -0.15) is 0 Å². The van der Waals surface area contributed by atoms with Gasteiger partial charge in [0.1, 0.15) is 0 Å². The minimum Gasteiger partial charge on any atom is -0.0925 e. The van der Waals surface area contributed by atoms with Crippen LogP contribution in [0.15, 0.2) is 42.5 Å². The zero-order valence-electron chi connectivity index (χ0n) is 11.4. The van der Waals surface area contributed by atoms with Gasteiger partial charge in [0.25, 0.3) is 0 Å². The molecule has 0 amide bonds. The maximum atomic E-state index is 6.27. The van der Waals surface area contributed by atoms with Crippen molar-refractivity contribution in [2.75, 3.05) is 5.33 Å². The van der Waals surface area contributed by atoms with Crippen LogP contribution in [-0.4, -0.2) is 5.33 Å². The van der Waals surface area contributed by atoms with Crippen molar-refractivity contribution in [1.29, 1.82) is 0 Å². The SMILES string of the molecule is Cc1ccc(CC(CBr)Cc2cccc(Cl)c2Cl)cc1. The molecule has 0 aliphatic rings. The molecule has 106 valence electrons. The Morgan fingerprint density at radius 1 is 1.00 bits per heavy atom. The molecule has 0 aliphatic carbocycles. The van der Waals surface area contributed by atoms with Gasteiger partial charge in [-0.15, -0.1) is 0 Å². The van der Waals surface area contributed by atoms with E-state index in [1.165, 1.54) is 11.1 Å². The number of rotatable bonds is 5. The van der Waals surface area contributed by atoms with Gasteiger partial charge in [-0.1, -0.05) is 81.1 Å². The molecule has 0 N–H and O–H groups in total. The van der Waals surface area contributed by atoms with Crippen molar-refractivity contribution in [3.05, 3.63) is 69.2 Å². The van der Waals surface area contributed by atoms with Crippen LogP contribution in [-0.2, 0) is 12.8 Å². The van der Waals surface area contributed by atoms with Gasteiger partial charge >= 0.3 is 0 Å². The average Bonchev–Trinajstić information content (AvgIpc) is 2.45. The van der Waals surface area contributed by atoms with Crippen LogP contribution in [0.25, 0.3) is 0 Å². The third kappa shape index (κ3) is 4.25. The van der Waals surface area contributed by atoms with Crippen LogP contribution >= 0.6 is 39.1 Å². The Kier molecular flexibility index (Phi) is 5.95. The summed E-state index contributed by atoms with van der Waals surface area (Å²) in [6.45, 7) is 2.11. The van der Waals surface area contributed by atoms with Gasteiger partial charge in [-0.25, -0.2) is 0 Å². The predicted octanol–water partition coefficient (Wildman–Crippen LogP) is 6.10. The Labute approximate surface area is 139 Å². The van der Waals surface area contributed by atoms with E-state index in [9.17, 15) is 0 Å². The lowest BCUT2D eigenvalue weighted by atomic mass is 9.94. The molecule has 0 heterocycles. The lowest BCUT2D eigenvalue weighted by molar-refractivity contribution is 0.591. The summed E-state index contributed by atoms with van der Waals surface area (Å²) in [5, 5.41) is 2.26. The lowest BCUT2D eigenvalue weighted by Gasteiger charge is -2.16. The van der Waals surface area contributed by atoms with Gasteiger partial charge in [-0.3, -0.25) is 0 Å². The second-order valence-electron chi connectivity index (χ2n) is 5.13. The lowest BCUT2D eigenvalue weighted by Crippen LogP contribution is -2.10. The fourth-order valence-electron chi connectivity index (χ4n) is 2.26. The summed E-state index contributed by atoms with van der Waals surface area (Å²) < 4.78 is 0. The van der Waals surface area contributed by atoms with E-state index in [0.717, 1.165) is 23.7 Å². The predicted molar refractivity (Wildman–Crippen MR) is 92.3 cm³/mol. The third-order valence-electron chi connectivity index (χ3n) is 3.40. The minimum atomic E-state index is 0.508. The molecule has 20 heavy (non-hydrogen) atoms. The van der Waals surface area contributed by atoms with Crippen LogP contribution < -0.4 is 0 Å². The molecule has 0 fully saturated rings. The van der Waals surface area contributed by atoms with Crippen LogP contribution in [0.2, 0.25) is 10.0 Å². The Balaban J connectivity index is 2.09. The van der Waals surface area contributed by atoms with E-state index in [1.807, 2.05) is 12.1 Å². The zero-order valence-corrected chi connectivity index (χ0v) is 14.5. The molecule has 2 rings (SSSR count). The van der Waals surface area contributed by atoms with E-state index in [0.29, 0.717) is 16.0 Å². The molecular weight excluding hydrogens is 355 g/mol. The fourth-order valence-corrected chi connectivity index (χ4v) is 3.11. The van der Waals surface area contributed by atoms with Crippen molar-refractivity contribution < 1.29 is 0 Å². The second-order valence-corrected chi connectivity index (χ2v) is 6.56. The van der Waals surface area contributed by atoms with Crippen LogP contribution in [0.3, 0.4) is 0 Å². The first-order valence-corrected chi connectivity index (χ1v) is 8.52. The Bertz CT molecular complexity index is 564. The van der Waals surface area contributed by atoms with Gasteiger partial charge in [-0.05, 0) is 42.9 Å². The minimum absolute atomic E-state index is 0.508. The first-order valence-electron chi connectivity index (χ1n) is 6.64. The summed E-state index contributed by atoms with van der Waals surface area (Å²) in [6, 6.07) is 14.6. The number of aryl methyl sites for hydroxylation is 1. The van der Waals surface area contributed by atoms with E-state index in [-0.39, 0.29) is 0 Å².